The van der Waals surface area contributed by atoms with Crippen LogP contribution in [0.4, 0.5) is 0 Å². The summed E-state index contributed by atoms with van der Waals surface area (Å²) in [5.41, 5.74) is -2.22. The molecule has 1 heterocycles. The van der Waals surface area contributed by atoms with Gasteiger partial charge in [0.15, 0.2) is 0 Å². The molecule has 109 valence electrons. The van der Waals surface area contributed by atoms with Gasteiger partial charge >= 0.3 is 7.12 Å². The SMILES string of the molecule is CC(C)(O)C(C)(C)O[B]CB1OC(C)(C)C(C)(C)O1. The topological polar surface area (TPSA) is 47.9 Å². The first-order valence-electron chi connectivity index (χ1n) is 6.86. The molecular weight excluding hydrogens is 242 g/mol. The van der Waals surface area contributed by atoms with Gasteiger partial charge in [-0.1, -0.05) is 0 Å². The molecule has 1 aliphatic rings. The summed E-state index contributed by atoms with van der Waals surface area (Å²) in [6.07, 6.45) is 0.534. The fourth-order valence-electron chi connectivity index (χ4n) is 1.54. The third kappa shape index (κ3) is 3.75. The Morgan fingerprint density at radius 1 is 1.05 bits per heavy atom. The Labute approximate surface area is 118 Å². The van der Waals surface area contributed by atoms with Crippen molar-refractivity contribution in [2.75, 3.05) is 0 Å². The lowest BCUT2D eigenvalue weighted by Gasteiger charge is -2.37. The zero-order valence-electron chi connectivity index (χ0n) is 13.5. The molecule has 0 aromatic carbocycles. The Bertz CT molecular complexity index is 305. The van der Waals surface area contributed by atoms with Crippen LogP contribution in [0.25, 0.3) is 0 Å². The molecule has 0 aliphatic carbocycles. The quantitative estimate of drug-likeness (QED) is 0.777. The van der Waals surface area contributed by atoms with Gasteiger partial charge in [-0.05, 0) is 61.6 Å². The lowest BCUT2D eigenvalue weighted by Crippen LogP contribution is -2.48. The lowest BCUT2D eigenvalue weighted by molar-refractivity contribution is -0.0901. The van der Waals surface area contributed by atoms with E-state index >= 15 is 0 Å². The van der Waals surface area contributed by atoms with Gasteiger partial charge in [0.25, 0.3) is 7.48 Å². The van der Waals surface area contributed by atoms with Gasteiger partial charge in [0.2, 0.25) is 0 Å². The lowest BCUT2D eigenvalue weighted by atomic mass is 9.68. The van der Waals surface area contributed by atoms with E-state index in [1.807, 2.05) is 41.5 Å². The van der Waals surface area contributed by atoms with E-state index in [2.05, 4.69) is 0 Å². The van der Waals surface area contributed by atoms with Crippen LogP contribution in [0.3, 0.4) is 0 Å². The predicted molar refractivity (Wildman–Crippen MR) is 78.1 cm³/mol. The van der Waals surface area contributed by atoms with Gasteiger partial charge in [0.1, 0.15) is 0 Å². The van der Waals surface area contributed by atoms with Crippen LogP contribution in [0.2, 0.25) is 6.22 Å². The van der Waals surface area contributed by atoms with Gasteiger partial charge in [-0.25, -0.2) is 0 Å². The Hall–Kier alpha value is -0.0301. The monoisotopic (exact) mass is 269 g/mol. The Kier molecular flexibility index (Phi) is 4.54. The zero-order chi connectivity index (χ0) is 15.1. The summed E-state index contributed by atoms with van der Waals surface area (Å²) in [5, 5.41) is 10.00. The van der Waals surface area contributed by atoms with Crippen molar-refractivity contribution in [2.24, 2.45) is 0 Å². The van der Waals surface area contributed by atoms with Crippen LogP contribution in [-0.4, -0.2) is 42.1 Å². The highest BCUT2D eigenvalue weighted by atomic mass is 16.7. The molecule has 1 rings (SSSR count). The molecule has 0 amide bonds. The van der Waals surface area contributed by atoms with Crippen molar-refractivity contribution in [3.05, 3.63) is 0 Å². The van der Waals surface area contributed by atoms with E-state index < -0.39 is 11.2 Å². The van der Waals surface area contributed by atoms with Crippen LogP contribution in [0.1, 0.15) is 55.4 Å². The standard InChI is InChI=1S/C13H27B2O4/c1-10(2,16)11(3,4)17-14-9-15-18-12(5,6)13(7,8)19-15/h16H,9H2,1-8H3. The first-order valence-corrected chi connectivity index (χ1v) is 6.86. The molecule has 0 aromatic heterocycles. The molecule has 1 saturated heterocycles. The van der Waals surface area contributed by atoms with Crippen LogP contribution in [0.15, 0.2) is 0 Å². The Balaban J connectivity index is 2.45. The molecule has 0 atom stereocenters. The third-order valence-electron chi connectivity index (χ3n) is 4.44. The molecule has 0 spiro atoms. The fraction of sp³-hybridized carbons (Fsp3) is 1.00. The second-order valence-electron chi connectivity index (χ2n) is 7.28. The first kappa shape index (κ1) is 17.0. The van der Waals surface area contributed by atoms with E-state index in [1.54, 1.807) is 21.3 Å². The van der Waals surface area contributed by atoms with Gasteiger partial charge < -0.3 is 19.1 Å². The Morgan fingerprint density at radius 3 is 1.84 bits per heavy atom. The van der Waals surface area contributed by atoms with Gasteiger partial charge in [-0.3, -0.25) is 0 Å². The highest BCUT2D eigenvalue weighted by Crippen LogP contribution is 2.37. The zero-order valence-corrected chi connectivity index (χ0v) is 13.5. The smallest absolute Gasteiger partial charge is 0.434 e. The second-order valence-corrected chi connectivity index (χ2v) is 7.28. The predicted octanol–water partition coefficient (Wildman–Crippen LogP) is 2.22. The van der Waals surface area contributed by atoms with Crippen LogP contribution in [-0.2, 0) is 14.0 Å². The minimum Gasteiger partial charge on any atom is -0.434 e. The van der Waals surface area contributed by atoms with Gasteiger partial charge in [0, 0.05) is 0 Å². The molecule has 0 saturated carbocycles. The minimum atomic E-state index is -0.917. The Morgan fingerprint density at radius 2 is 1.47 bits per heavy atom. The molecule has 1 fully saturated rings. The minimum absolute atomic E-state index is 0.303. The summed E-state index contributed by atoms with van der Waals surface area (Å²) >= 11 is 0. The molecular formula is C13H27B2O4. The average Bonchev–Trinajstić information content (AvgIpc) is 2.32. The summed E-state index contributed by atoms with van der Waals surface area (Å²) in [5.74, 6) is 0. The molecule has 1 aliphatic heterocycles. The highest BCUT2D eigenvalue weighted by molar-refractivity contribution is 6.58. The maximum Gasteiger partial charge on any atom is 0.452 e. The van der Waals surface area contributed by atoms with Crippen molar-refractivity contribution < 1.29 is 19.1 Å². The molecule has 19 heavy (non-hydrogen) atoms. The molecule has 0 bridgehead atoms. The van der Waals surface area contributed by atoms with E-state index in [-0.39, 0.29) is 18.3 Å². The number of hydrogen-bond acceptors (Lipinski definition) is 4. The summed E-state index contributed by atoms with van der Waals surface area (Å²) in [4.78, 5) is 0. The molecule has 4 nitrogen and oxygen atoms in total. The van der Waals surface area contributed by atoms with Crippen LogP contribution >= 0.6 is 0 Å². The van der Waals surface area contributed by atoms with E-state index in [0.29, 0.717) is 6.22 Å². The summed E-state index contributed by atoms with van der Waals surface area (Å²) in [6.45, 7) is 15.3. The van der Waals surface area contributed by atoms with Crippen LogP contribution < -0.4 is 0 Å². The highest BCUT2D eigenvalue weighted by Gasteiger charge is 2.50. The fourth-order valence-corrected chi connectivity index (χ4v) is 1.54. The van der Waals surface area contributed by atoms with Crippen molar-refractivity contribution in [3.63, 3.8) is 0 Å². The average molecular weight is 269 g/mol. The van der Waals surface area contributed by atoms with Gasteiger partial charge in [-0.15, -0.1) is 0 Å². The van der Waals surface area contributed by atoms with Crippen LogP contribution in [0.5, 0.6) is 0 Å². The maximum absolute atomic E-state index is 10.00. The second kappa shape index (κ2) is 5.06. The molecule has 1 N–H and O–H groups in total. The maximum atomic E-state index is 10.00. The van der Waals surface area contributed by atoms with Crippen molar-refractivity contribution in [3.8, 4) is 0 Å². The van der Waals surface area contributed by atoms with Crippen LogP contribution in [0, 0.1) is 0 Å². The molecule has 1 radical (unpaired) electrons. The van der Waals surface area contributed by atoms with E-state index in [1.165, 1.54) is 0 Å². The number of aliphatic hydroxyl groups is 1. The molecule has 0 aromatic rings. The molecule has 6 heteroatoms. The third-order valence-corrected chi connectivity index (χ3v) is 4.44. The first-order chi connectivity index (χ1) is 8.29. The summed E-state index contributed by atoms with van der Waals surface area (Å²) in [7, 11) is 1.36. The van der Waals surface area contributed by atoms with Gasteiger partial charge in [0.05, 0.1) is 22.4 Å². The van der Waals surface area contributed by atoms with E-state index in [4.69, 9.17) is 14.0 Å². The number of rotatable bonds is 5. The largest absolute Gasteiger partial charge is 0.452 e. The van der Waals surface area contributed by atoms with Crippen molar-refractivity contribution in [1.82, 2.24) is 0 Å². The summed E-state index contributed by atoms with van der Waals surface area (Å²) < 4.78 is 17.4. The van der Waals surface area contributed by atoms with Crippen molar-refractivity contribution in [2.45, 2.75) is 84.0 Å². The normalized spacial score (nSPS) is 22.7. The van der Waals surface area contributed by atoms with Crippen molar-refractivity contribution >= 4 is 14.6 Å². The summed E-state index contributed by atoms with van der Waals surface area (Å²) in [6, 6.07) is 0. The van der Waals surface area contributed by atoms with Gasteiger partial charge in [-0.2, -0.15) is 0 Å². The van der Waals surface area contributed by atoms with Crippen molar-refractivity contribution in [1.29, 1.82) is 0 Å². The van der Waals surface area contributed by atoms with E-state index in [0.717, 1.165) is 0 Å². The number of hydrogen-bond donors (Lipinski definition) is 1. The molecule has 0 unspecified atom stereocenters. The van der Waals surface area contributed by atoms with E-state index in [9.17, 15) is 5.11 Å².